The van der Waals surface area contributed by atoms with Gasteiger partial charge < -0.3 is 10.4 Å². The summed E-state index contributed by atoms with van der Waals surface area (Å²) in [7, 11) is 0. The average molecular weight is 255 g/mol. The number of aliphatic hydroxyl groups is 1. The number of rotatable bonds is 4. The average Bonchev–Trinajstić information content (AvgIpc) is 2.41. The smallest absolute Gasteiger partial charge is 0.228 e. The maximum absolute atomic E-state index is 11.9. The highest BCUT2D eigenvalue weighted by Crippen LogP contribution is 2.11. The summed E-state index contributed by atoms with van der Waals surface area (Å²) in [6, 6.07) is 15.1. The molecule has 0 aliphatic heterocycles. The van der Waals surface area contributed by atoms with Crippen LogP contribution in [0.4, 0.5) is 5.69 Å². The normalized spacial score (nSPS) is 10.2. The standard InChI is InChI=1S/C16H17NO2/c1-12-5-7-13(8-6-12)10-16(19)17-15-4-2-3-14(9-15)11-18/h2-9,18H,10-11H2,1H3,(H,17,19). The number of carbonyl (C=O) groups excluding carboxylic acids is 1. The molecule has 0 atom stereocenters. The van der Waals surface area contributed by atoms with Gasteiger partial charge in [0.1, 0.15) is 0 Å². The zero-order valence-electron chi connectivity index (χ0n) is 10.9. The largest absolute Gasteiger partial charge is 0.392 e. The fraction of sp³-hybridized carbons (Fsp3) is 0.188. The van der Waals surface area contributed by atoms with Gasteiger partial charge in [-0.3, -0.25) is 4.79 Å². The number of nitrogens with one attached hydrogen (secondary N) is 1. The Labute approximate surface area is 112 Å². The Morgan fingerprint density at radius 1 is 1.11 bits per heavy atom. The van der Waals surface area contributed by atoms with Crippen LogP contribution in [0, 0.1) is 6.92 Å². The van der Waals surface area contributed by atoms with Gasteiger partial charge in [0.15, 0.2) is 0 Å². The van der Waals surface area contributed by atoms with Crippen LogP contribution in [0.3, 0.4) is 0 Å². The number of aliphatic hydroxyl groups excluding tert-OH is 1. The van der Waals surface area contributed by atoms with Gasteiger partial charge in [0.2, 0.25) is 5.91 Å². The second-order valence-corrected chi connectivity index (χ2v) is 4.57. The van der Waals surface area contributed by atoms with Crippen LogP contribution in [-0.4, -0.2) is 11.0 Å². The first-order chi connectivity index (χ1) is 9.17. The summed E-state index contributed by atoms with van der Waals surface area (Å²) >= 11 is 0. The molecule has 2 aromatic carbocycles. The van der Waals surface area contributed by atoms with E-state index in [0.29, 0.717) is 12.1 Å². The van der Waals surface area contributed by atoms with Gasteiger partial charge in [-0.25, -0.2) is 0 Å². The molecule has 0 fully saturated rings. The van der Waals surface area contributed by atoms with Gasteiger partial charge in [-0.2, -0.15) is 0 Å². The lowest BCUT2D eigenvalue weighted by atomic mass is 10.1. The van der Waals surface area contributed by atoms with E-state index in [2.05, 4.69) is 5.32 Å². The molecule has 2 rings (SSSR count). The Balaban J connectivity index is 1.99. The van der Waals surface area contributed by atoms with Crippen molar-refractivity contribution in [1.29, 1.82) is 0 Å². The van der Waals surface area contributed by atoms with Crippen LogP contribution in [0.2, 0.25) is 0 Å². The summed E-state index contributed by atoms with van der Waals surface area (Å²) in [5, 5.41) is 11.9. The van der Waals surface area contributed by atoms with Crippen molar-refractivity contribution in [2.75, 3.05) is 5.32 Å². The Hall–Kier alpha value is -2.13. The molecule has 0 aromatic heterocycles. The van der Waals surface area contributed by atoms with E-state index >= 15 is 0 Å². The quantitative estimate of drug-likeness (QED) is 0.882. The van der Waals surface area contributed by atoms with Gasteiger partial charge >= 0.3 is 0 Å². The van der Waals surface area contributed by atoms with E-state index < -0.39 is 0 Å². The monoisotopic (exact) mass is 255 g/mol. The van der Waals surface area contributed by atoms with Crippen LogP contribution >= 0.6 is 0 Å². The molecule has 0 spiro atoms. The van der Waals surface area contributed by atoms with Crippen molar-refractivity contribution < 1.29 is 9.90 Å². The second kappa shape index (κ2) is 6.16. The fourth-order valence-electron chi connectivity index (χ4n) is 1.84. The van der Waals surface area contributed by atoms with Crippen molar-refractivity contribution in [3.8, 4) is 0 Å². The highest BCUT2D eigenvalue weighted by molar-refractivity contribution is 5.92. The molecule has 0 unspecified atom stereocenters. The molecule has 0 heterocycles. The molecule has 3 nitrogen and oxygen atoms in total. The predicted molar refractivity (Wildman–Crippen MR) is 75.9 cm³/mol. The van der Waals surface area contributed by atoms with Crippen molar-refractivity contribution >= 4 is 11.6 Å². The SMILES string of the molecule is Cc1ccc(CC(=O)Nc2cccc(CO)c2)cc1. The third-order valence-electron chi connectivity index (χ3n) is 2.88. The van der Waals surface area contributed by atoms with Crippen LogP contribution in [0.15, 0.2) is 48.5 Å². The Morgan fingerprint density at radius 3 is 2.53 bits per heavy atom. The summed E-state index contributed by atoms with van der Waals surface area (Å²) in [4.78, 5) is 11.9. The summed E-state index contributed by atoms with van der Waals surface area (Å²) in [6.07, 6.45) is 0.351. The van der Waals surface area contributed by atoms with E-state index in [0.717, 1.165) is 11.1 Å². The van der Waals surface area contributed by atoms with Gasteiger partial charge in [-0.05, 0) is 30.2 Å². The minimum Gasteiger partial charge on any atom is -0.392 e. The predicted octanol–water partition coefficient (Wildman–Crippen LogP) is 2.67. The van der Waals surface area contributed by atoms with Gasteiger partial charge in [-0.15, -0.1) is 0 Å². The van der Waals surface area contributed by atoms with Crippen molar-refractivity contribution in [3.05, 3.63) is 65.2 Å². The minimum absolute atomic E-state index is 0.0261. The zero-order chi connectivity index (χ0) is 13.7. The number of benzene rings is 2. The Morgan fingerprint density at radius 2 is 1.84 bits per heavy atom. The zero-order valence-corrected chi connectivity index (χ0v) is 10.9. The molecule has 2 aromatic rings. The summed E-state index contributed by atoms with van der Waals surface area (Å²) in [5.74, 6) is -0.0565. The van der Waals surface area contributed by atoms with Crippen LogP contribution in [-0.2, 0) is 17.8 Å². The van der Waals surface area contributed by atoms with Crippen molar-refractivity contribution in [3.63, 3.8) is 0 Å². The van der Waals surface area contributed by atoms with Gasteiger partial charge in [0.25, 0.3) is 0 Å². The van der Waals surface area contributed by atoms with Crippen LogP contribution in [0.25, 0.3) is 0 Å². The number of hydrogen-bond donors (Lipinski definition) is 2. The van der Waals surface area contributed by atoms with Crippen molar-refractivity contribution in [2.24, 2.45) is 0 Å². The fourth-order valence-corrected chi connectivity index (χ4v) is 1.84. The first kappa shape index (κ1) is 13.3. The van der Waals surface area contributed by atoms with E-state index in [-0.39, 0.29) is 12.5 Å². The lowest BCUT2D eigenvalue weighted by Crippen LogP contribution is -2.14. The second-order valence-electron chi connectivity index (χ2n) is 4.57. The molecule has 1 amide bonds. The lowest BCUT2D eigenvalue weighted by Gasteiger charge is -2.07. The molecule has 0 aliphatic carbocycles. The van der Waals surface area contributed by atoms with Gasteiger partial charge in [0.05, 0.1) is 13.0 Å². The molecule has 0 saturated heterocycles. The molecule has 19 heavy (non-hydrogen) atoms. The maximum atomic E-state index is 11.9. The molecule has 0 bridgehead atoms. The molecule has 98 valence electrons. The molecular formula is C16H17NO2. The minimum atomic E-state index is -0.0565. The van der Waals surface area contributed by atoms with E-state index in [9.17, 15) is 4.79 Å². The Bertz CT molecular complexity index is 561. The van der Waals surface area contributed by atoms with Gasteiger partial charge in [0, 0.05) is 5.69 Å². The van der Waals surface area contributed by atoms with Gasteiger partial charge in [-0.1, -0.05) is 42.0 Å². The highest BCUT2D eigenvalue weighted by atomic mass is 16.3. The summed E-state index contributed by atoms with van der Waals surface area (Å²) < 4.78 is 0. The number of hydrogen-bond acceptors (Lipinski definition) is 2. The number of amides is 1. The van der Waals surface area contributed by atoms with Crippen molar-refractivity contribution in [2.45, 2.75) is 20.0 Å². The molecule has 2 N–H and O–H groups in total. The molecule has 0 saturated carbocycles. The molecular weight excluding hydrogens is 238 g/mol. The van der Waals surface area contributed by atoms with Crippen LogP contribution in [0.1, 0.15) is 16.7 Å². The number of anilines is 1. The number of aryl methyl sites for hydroxylation is 1. The molecule has 3 heteroatoms. The van der Waals surface area contributed by atoms with Crippen molar-refractivity contribution in [1.82, 2.24) is 0 Å². The summed E-state index contributed by atoms with van der Waals surface area (Å²) in [6.45, 7) is 1.99. The van der Waals surface area contributed by atoms with Crippen LogP contribution < -0.4 is 5.32 Å². The third kappa shape index (κ3) is 3.93. The third-order valence-corrected chi connectivity index (χ3v) is 2.88. The topological polar surface area (TPSA) is 49.3 Å². The Kier molecular flexibility index (Phi) is 4.31. The highest BCUT2D eigenvalue weighted by Gasteiger charge is 2.04. The van der Waals surface area contributed by atoms with Crippen LogP contribution in [0.5, 0.6) is 0 Å². The first-order valence-corrected chi connectivity index (χ1v) is 6.22. The molecule has 0 radical (unpaired) electrons. The van der Waals surface area contributed by atoms with E-state index in [1.165, 1.54) is 5.56 Å². The van der Waals surface area contributed by atoms with E-state index in [1.54, 1.807) is 6.07 Å². The maximum Gasteiger partial charge on any atom is 0.228 e. The van der Waals surface area contributed by atoms with E-state index in [1.807, 2.05) is 49.4 Å². The molecule has 0 aliphatic rings. The first-order valence-electron chi connectivity index (χ1n) is 6.22. The lowest BCUT2D eigenvalue weighted by molar-refractivity contribution is -0.115. The summed E-state index contributed by atoms with van der Waals surface area (Å²) in [5.41, 5.74) is 3.66. The number of carbonyl (C=O) groups is 1. The van der Waals surface area contributed by atoms with E-state index in [4.69, 9.17) is 5.11 Å².